The number of carboxylic acids is 1. The Hall–Kier alpha value is -2.34. The van der Waals surface area contributed by atoms with Gasteiger partial charge in [-0.2, -0.15) is 0 Å². The van der Waals surface area contributed by atoms with E-state index in [0.29, 0.717) is 21.3 Å². The first-order valence-corrected chi connectivity index (χ1v) is 6.92. The van der Waals surface area contributed by atoms with Crippen LogP contribution >= 0.6 is 15.9 Å². The Bertz CT molecular complexity index is 674. The summed E-state index contributed by atoms with van der Waals surface area (Å²) in [5.41, 5.74) is 7.00. The van der Waals surface area contributed by atoms with Crippen LogP contribution in [0.2, 0.25) is 0 Å². The van der Waals surface area contributed by atoms with Crippen LogP contribution in [0.15, 0.2) is 53.0 Å². The van der Waals surface area contributed by atoms with Crippen molar-refractivity contribution in [2.75, 3.05) is 5.73 Å². The van der Waals surface area contributed by atoms with Crippen LogP contribution in [0.4, 0.5) is 5.69 Å². The maximum atomic E-state index is 12.2. The highest BCUT2D eigenvalue weighted by atomic mass is 79.9. The molecule has 0 fully saturated rings. The first-order valence-electron chi connectivity index (χ1n) is 6.12. The number of carbonyl (C=O) groups is 2. The molecule has 0 aliphatic carbocycles. The Morgan fingerprint density at radius 2 is 1.81 bits per heavy atom. The van der Waals surface area contributed by atoms with Gasteiger partial charge >= 0.3 is 5.97 Å². The van der Waals surface area contributed by atoms with Gasteiger partial charge in [0, 0.05) is 15.7 Å². The molecule has 0 spiro atoms. The van der Waals surface area contributed by atoms with E-state index in [1.165, 1.54) is 0 Å². The van der Waals surface area contributed by atoms with E-state index < -0.39 is 17.9 Å². The van der Waals surface area contributed by atoms with Crippen LogP contribution in [0, 0.1) is 0 Å². The number of aliphatic carboxylic acids is 1. The molecule has 0 bridgehead atoms. The van der Waals surface area contributed by atoms with Crippen molar-refractivity contribution in [1.29, 1.82) is 0 Å². The summed E-state index contributed by atoms with van der Waals surface area (Å²) in [6.45, 7) is 0. The second kappa shape index (κ2) is 6.41. The molecule has 2 aromatic carbocycles. The molecule has 0 aliphatic heterocycles. The monoisotopic (exact) mass is 348 g/mol. The van der Waals surface area contributed by atoms with Crippen LogP contribution in [0.1, 0.15) is 22.0 Å². The SMILES string of the molecule is Nc1ccc(C(=O)NC(C(=O)O)c2ccccc2)cc1Br. The minimum atomic E-state index is -1.12. The number of benzene rings is 2. The molecule has 6 heteroatoms. The Kier molecular flexibility index (Phi) is 4.59. The first-order chi connectivity index (χ1) is 9.99. The number of carboxylic acid groups (broad SMARTS) is 1. The topological polar surface area (TPSA) is 92.4 Å². The van der Waals surface area contributed by atoms with E-state index in [1.54, 1.807) is 48.5 Å². The van der Waals surface area contributed by atoms with Crippen molar-refractivity contribution < 1.29 is 14.7 Å². The molecular weight excluding hydrogens is 336 g/mol. The van der Waals surface area contributed by atoms with Crippen molar-refractivity contribution in [3.05, 3.63) is 64.1 Å². The molecule has 1 unspecified atom stereocenters. The van der Waals surface area contributed by atoms with E-state index in [0.717, 1.165) is 0 Å². The number of nitrogens with two attached hydrogens (primary N) is 1. The van der Waals surface area contributed by atoms with E-state index in [-0.39, 0.29) is 0 Å². The van der Waals surface area contributed by atoms with Gasteiger partial charge in [0.05, 0.1) is 0 Å². The van der Waals surface area contributed by atoms with E-state index in [1.807, 2.05) is 0 Å². The summed E-state index contributed by atoms with van der Waals surface area (Å²) >= 11 is 3.23. The lowest BCUT2D eigenvalue weighted by Crippen LogP contribution is -2.33. The minimum Gasteiger partial charge on any atom is -0.479 e. The van der Waals surface area contributed by atoms with E-state index in [2.05, 4.69) is 21.2 Å². The van der Waals surface area contributed by atoms with Gasteiger partial charge < -0.3 is 16.2 Å². The summed E-state index contributed by atoms with van der Waals surface area (Å²) < 4.78 is 0.585. The molecule has 0 aliphatic rings. The number of hydrogen-bond donors (Lipinski definition) is 3. The number of nitrogens with one attached hydrogen (secondary N) is 1. The number of amides is 1. The van der Waals surface area contributed by atoms with Gasteiger partial charge in [-0.05, 0) is 39.7 Å². The Balaban J connectivity index is 2.23. The zero-order chi connectivity index (χ0) is 15.4. The fourth-order valence-corrected chi connectivity index (χ4v) is 2.19. The van der Waals surface area contributed by atoms with Gasteiger partial charge in [-0.25, -0.2) is 4.79 Å². The van der Waals surface area contributed by atoms with Gasteiger partial charge in [-0.1, -0.05) is 30.3 Å². The van der Waals surface area contributed by atoms with E-state index >= 15 is 0 Å². The summed E-state index contributed by atoms with van der Waals surface area (Å²) in [4.78, 5) is 23.5. The second-order valence-electron chi connectivity index (χ2n) is 4.39. The van der Waals surface area contributed by atoms with Gasteiger partial charge in [0.25, 0.3) is 5.91 Å². The Morgan fingerprint density at radius 1 is 1.14 bits per heavy atom. The van der Waals surface area contributed by atoms with Crippen LogP contribution in [0.5, 0.6) is 0 Å². The highest BCUT2D eigenvalue weighted by molar-refractivity contribution is 9.10. The molecule has 1 atom stereocenters. The number of hydrogen-bond acceptors (Lipinski definition) is 3. The molecule has 108 valence electrons. The van der Waals surface area contributed by atoms with Crippen LogP contribution in [0.3, 0.4) is 0 Å². The summed E-state index contributed by atoms with van der Waals surface area (Å²) in [5, 5.41) is 11.8. The standard InChI is InChI=1S/C15H13BrN2O3/c16-11-8-10(6-7-12(11)17)14(19)18-13(15(20)21)9-4-2-1-3-5-9/h1-8,13H,17H2,(H,18,19)(H,20,21). The van der Waals surface area contributed by atoms with Crippen LogP contribution in [-0.2, 0) is 4.79 Å². The largest absolute Gasteiger partial charge is 0.479 e. The Labute approximate surface area is 129 Å². The van der Waals surface area contributed by atoms with Crippen molar-refractivity contribution in [3.8, 4) is 0 Å². The molecule has 0 saturated heterocycles. The third-order valence-corrected chi connectivity index (χ3v) is 3.60. The van der Waals surface area contributed by atoms with Crippen LogP contribution in [-0.4, -0.2) is 17.0 Å². The second-order valence-corrected chi connectivity index (χ2v) is 5.25. The first kappa shape index (κ1) is 15.1. The fraction of sp³-hybridized carbons (Fsp3) is 0.0667. The summed E-state index contributed by atoms with van der Waals surface area (Å²) in [6.07, 6.45) is 0. The summed E-state index contributed by atoms with van der Waals surface area (Å²) in [5.74, 6) is -1.60. The minimum absolute atomic E-state index is 0.332. The zero-order valence-corrected chi connectivity index (χ0v) is 12.5. The van der Waals surface area contributed by atoms with Crippen molar-refractivity contribution in [3.63, 3.8) is 0 Å². The molecule has 4 N–H and O–H groups in total. The number of nitrogen functional groups attached to an aromatic ring is 1. The Morgan fingerprint density at radius 3 is 2.38 bits per heavy atom. The van der Waals surface area contributed by atoms with Gasteiger partial charge in [0.1, 0.15) is 0 Å². The van der Waals surface area contributed by atoms with Crippen molar-refractivity contribution in [2.24, 2.45) is 0 Å². The van der Waals surface area contributed by atoms with Gasteiger partial charge in [0.15, 0.2) is 6.04 Å². The lowest BCUT2D eigenvalue weighted by Gasteiger charge is -2.15. The van der Waals surface area contributed by atoms with Gasteiger partial charge in [-0.15, -0.1) is 0 Å². The van der Waals surface area contributed by atoms with Crippen molar-refractivity contribution in [2.45, 2.75) is 6.04 Å². The van der Waals surface area contributed by atoms with Crippen LogP contribution < -0.4 is 11.1 Å². The zero-order valence-electron chi connectivity index (χ0n) is 10.9. The highest BCUT2D eigenvalue weighted by Crippen LogP contribution is 2.21. The molecule has 2 aromatic rings. The lowest BCUT2D eigenvalue weighted by molar-refractivity contribution is -0.139. The third kappa shape index (κ3) is 3.61. The average molecular weight is 349 g/mol. The van der Waals surface area contributed by atoms with E-state index in [9.17, 15) is 14.7 Å². The highest BCUT2D eigenvalue weighted by Gasteiger charge is 2.22. The summed E-state index contributed by atoms with van der Waals surface area (Å²) in [6, 6.07) is 12.1. The quantitative estimate of drug-likeness (QED) is 0.740. The maximum absolute atomic E-state index is 12.2. The van der Waals surface area contributed by atoms with Gasteiger partial charge in [0.2, 0.25) is 0 Å². The number of carbonyl (C=O) groups excluding carboxylic acids is 1. The smallest absolute Gasteiger partial charge is 0.330 e. The number of halogens is 1. The predicted molar refractivity (Wildman–Crippen MR) is 82.8 cm³/mol. The van der Waals surface area contributed by atoms with Crippen molar-refractivity contribution >= 4 is 33.5 Å². The molecule has 0 heterocycles. The number of anilines is 1. The normalized spacial score (nSPS) is 11.7. The fourth-order valence-electron chi connectivity index (χ4n) is 1.82. The molecule has 1 amide bonds. The third-order valence-electron chi connectivity index (χ3n) is 2.92. The molecule has 0 aromatic heterocycles. The number of rotatable bonds is 4. The molecule has 0 radical (unpaired) electrons. The van der Waals surface area contributed by atoms with E-state index in [4.69, 9.17) is 5.73 Å². The lowest BCUT2D eigenvalue weighted by atomic mass is 10.1. The molecule has 21 heavy (non-hydrogen) atoms. The van der Waals surface area contributed by atoms with Gasteiger partial charge in [-0.3, -0.25) is 4.79 Å². The molecule has 5 nitrogen and oxygen atoms in total. The predicted octanol–water partition coefficient (Wildman–Crippen LogP) is 2.59. The average Bonchev–Trinajstić information content (AvgIpc) is 2.48. The molecular formula is C15H13BrN2O3. The summed E-state index contributed by atoms with van der Waals surface area (Å²) in [7, 11) is 0. The van der Waals surface area contributed by atoms with Crippen molar-refractivity contribution in [1.82, 2.24) is 5.32 Å². The molecule has 2 rings (SSSR count). The maximum Gasteiger partial charge on any atom is 0.330 e. The molecule has 0 saturated carbocycles. The van der Waals surface area contributed by atoms with Crippen LogP contribution in [0.25, 0.3) is 0 Å².